The van der Waals surface area contributed by atoms with E-state index < -0.39 is 33.5 Å². The van der Waals surface area contributed by atoms with Crippen LogP contribution in [0.5, 0.6) is 5.75 Å². The van der Waals surface area contributed by atoms with Gasteiger partial charge in [0, 0.05) is 48.8 Å². The van der Waals surface area contributed by atoms with Crippen molar-refractivity contribution in [2.45, 2.75) is 55.4 Å². The first-order chi connectivity index (χ1) is 23.4. The van der Waals surface area contributed by atoms with Gasteiger partial charge in [0.25, 0.3) is 5.91 Å². The number of rotatable bonds is 11. The van der Waals surface area contributed by atoms with Gasteiger partial charge in [-0.15, -0.1) is 0 Å². The third-order valence-corrected chi connectivity index (χ3v) is 11.8. The maximum atomic E-state index is 13.2. The predicted molar refractivity (Wildman–Crippen MR) is 178 cm³/mol. The van der Waals surface area contributed by atoms with Gasteiger partial charge in [0.05, 0.1) is 42.0 Å². The Morgan fingerprint density at radius 2 is 1.78 bits per heavy atom. The van der Waals surface area contributed by atoms with E-state index in [2.05, 4.69) is 15.1 Å². The highest BCUT2D eigenvalue weighted by Crippen LogP contribution is 2.39. The van der Waals surface area contributed by atoms with Crippen LogP contribution < -0.4 is 15.0 Å². The van der Waals surface area contributed by atoms with Gasteiger partial charge in [0.1, 0.15) is 11.9 Å². The number of hydrogen-bond acceptors (Lipinski definition) is 8. The molecule has 0 saturated carbocycles. The van der Waals surface area contributed by atoms with Crippen molar-refractivity contribution in [2.75, 3.05) is 56.7 Å². The Hall–Kier alpha value is -3.65. The van der Waals surface area contributed by atoms with Gasteiger partial charge in [-0.1, -0.05) is 19.1 Å². The fourth-order valence-corrected chi connectivity index (χ4v) is 8.05. The number of carbonyl (C=O) groups is 1. The van der Waals surface area contributed by atoms with E-state index in [4.69, 9.17) is 9.47 Å². The molecule has 13 heteroatoms. The monoisotopic (exact) mass is 701 g/mol. The molecule has 0 aliphatic carbocycles. The number of nitrogens with one attached hydrogen (secondary N) is 1. The molecule has 9 nitrogen and oxygen atoms in total. The number of hydrogen-bond donors (Lipinski definition) is 2. The number of alkyl halides is 3. The summed E-state index contributed by atoms with van der Waals surface area (Å²) in [4.78, 5) is 18.1. The summed E-state index contributed by atoms with van der Waals surface area (Å²) in [7, 11) is -3.37. The second-order valence-corrected chi connectivity index (χ2v) is 15.6. The molecule has 1 spiro atoms. The number of amides is 1. The van der Waals surface area contributed by atoms with E-state index in [-0.39, 0.29) is 34.8 Å². The quantitative estimate of drug-likeness (QED) is 0.285. The summed E-state index contributed by atoms with van der Waals surface area (Å²) in [6.07, 6.45) is -1.84. The van der Waals surface area contributed by atoms with E-state index in [1.54, 1.807) is 31.2 Å². The van der Waals surface area contributed by atoms with E-state index in [0.29, 0.717) is 29.8 Å². The topological polar surface area (TPSA) is 108 Å². The number of aliphatic hydroxyl groups excluding tert-OH is 1. The average molecular weight is 702 g/mol. The molecule has 3 aliphatic heterocycles. The van der Waals surface area contributed by atoms with Crippen LogP contribution in [0.1, 0.15) is 53.7 Å². The minimum Gasteiger partial charge on any atom is -0.489 e. The molecule has 0 radical (unpaired) electrons. The van der Waals surface area contributed by atoms with Gasteiger partial charge < -0.3 is 29.7 Å². The molecular formula is C36H42F3N3O6S. The molecule has 264 valence electrons. The van der Waals surface area contributed by atoms with E-state index in [0.717, 1.165) is 63.5 Å². The Bertz CT molecular complexity index is 1700. The molecule has 3 fully saturated rings. The zero-order chi connectivity index (χ0) is 34.8. The molecule has 3 saturated heterocycles. The minimum atomic E-state index is -4.42. The Balaban J connectivity index is 1.14. The van der Waals surface area contributed by atoms with Crippen LogP contribution in [0, 0.1) is 5.41 Å². The SMILES string of the molecule is CCS(=O)(=O)c1ccc([C@H](CO)NC(=O)c2ccc(N3C[C@H](Oc4ccc(C(F)(F)F)cc4)C[C@H]3CN3CCC4(CCOC4)C3)cc2)cc1. The van der Waals surface area contributed by atoms with Gasteiger partial charge in [0.15, 0.2) is 9.84 Å². The van der Waals surface area contributed by atoms with Crippen molar-refractivity contribution in [1.29, 1.82) is 0 Å². The fraction of sp³-hybridized carbons (Fsp3) is 0.472. The third kappa shape index (κ3) is 8.06. The largest absolute Gasteiger partial charge is 0.489 e. The van der Waals surface area contributed by atoms with Crippen LogP contribution in [-0.4, -0.2) is 88.2 Å². The maximum Gasteiger partial charge on any atom is 0.416 e. The van der Waals surface area contributed by atoms with Crippen molar-refractivity contribution in [2.24, 2.45) is 5.41 Å². The van der Waals surface area contributed by atoms with Crippen LogP contribution in [0.25, 0.3) is 0 Å². The molecule has 0 aromatic heterocycles. The van der Waals surface area contributed by atoms with Crippen LogP contribution in [0.4, 0.5) is 18.9 Å². The van der Waals surface area contributed by atoms with Crippen molar-refractivity contribution < 1.29 is 41.0 Å². The van der Waals surface area contributed by atoms with Crippen molar-refractivity contribution in [3.8, 4) is 5.75 Å². The molecular weight excluding hydrogens is 659 g/mol. The lowest BCUT2D eigenvalue weighted by molar-refractivity contribution is -0.137. The standard InChI is InChI=1S/C36H42F3N3O6S/c1-2-49(45,46)32-13-5-25(6-14-32)33(22-43)40-34(44)26-3-9-28(10-4-26)42-21-31(48-30-11-7-27(8-12-30)36(37,38)39)19-29(42)20-41-17-15-35(23-41)16-18-47-24-35/h3-14,29,31,33,43H,2,15-24H2,1H3,(H,40,44)/t29-,31+,33-,35?/m0/s1. The highest BCUT2D eigenvalue weighted by Gasteiger charge is 2.43. The Kier molecular flexibility index (Phi) is 10.3. The van der Waals surface area contributed by atoms with Crippen LogP contribution in [0.15, 0.2) is 77.7 Å². The number of anilines is 1. The molecule has 1 amide bonds. The molecule has 0 bridgehead atoms. The zero-order valence-electron chi connectivity index (χ0n) is 27.4. The van der Waals surface area contributed by atoms with E-state index in [9.17, 15) is 31.5 Å². The second-order valence-electron chi connectivity index (χ2n) is 13.3. The number of nitrogens with zero attached hydrogens (tertiary/aromatic N) is 2. The summed E-state index contributed by atoms with van der Waals surface area (Å²) in [6.45, 7) is 6.03. The number of sulfone groups is 1. The molecule has 3 aliphatic rings. The summed E-state index contributed by atoms with van der Waals surface area (Å²) < 4.78 is 75.6. The van der Waals surface area contributed by atoms with Crippen molar-refractivity contribution in [1.82, 2.24) is 10.2 Å². The number of halogens is 3. The van der Waals surface area contributed by atoms with Crippen LogP contribution in [0.2, 0.25) is 0 Å². The first-order valence-corrected chi connectivity index (χ1v) is 18.3. The number of likely N-dealkylation sites (tertiary alicyclic amines) is 1. The van der Waals surface area contributed by atoms with Gasteiger partial charge in [-0.25, -0.2) is 8.42 Å². The summed E-state index contributed by atoms with van der Waals surface area (Å²) in [5, 5.41) is 12.8. The highest BCUT2D eigenvalue weighted by molar-refractivity contribution is 7.91. The molecule has 2 N–H and O–H groups in total. The third-order valence-electron chi connectivity index (χ3n) is 10.0. The normalized spacial score (nSPS) is 23.7. The highest BCUT2D eigenvalue weighted by atomic mass is 32.2. The number of ether oxygens (including phenoxy) is 2. The van der Waals surface area contributed by atoms with Gasteiger partial charge >= 0.3 is 6.18 Å². The molecule has 4 atom stereocenters. The molecule has 1 unspecified atom stereocenters. The van der Waals surface area contributed by atoms with Crippen LogP contribution in [0.3, 0.4) is 0 Å². The number of aliphatic hydroxyl groups is 1. The Morgan fingerprint density at radius 3 is 2.39 bits per heavy atom. The molecule has 6 rings (SSSR count). The average Bonchev–Trinajstić information content (AvgIpc) is 3.84. The first kappa shape index (κ1) is 35.2. The van der Waals surface area contributed by atoms with Crippen LogP contribution in [-0.2, 0) is 20.8 Å². The van der Waals surface area contributed by atoms with Crippen molar-refractivity contribution >= 4 is 21.4 Å². The summed E-state index contributed by atoms with van der Waals surface area (Å²) in [5.74, 6) is -0.0329. The molecule has 3 aromatic carbocycles. The summed E-state index contributed by atoms with van der Waals surface area (Å²) in [5.41, 5.74) is 1.35. The van der Waals surface area contributed by atoms with Crippen molar-refractivity contribution in [3.05, 3.63) is 89.5 Å². The van der Waals surface area contributed by atoms with E-state index in [1.165, 1.54) is 24.3 Å². The molecule has 3 aromatic rings. The molecule has 49 heavy (non-hydrogen) atoms. The number of carbonyl (C=O) groups excluding carboxylic acids is 1. The molecule has 3 heterocycles. The van der Waals surface area contributed by atoms with Gasteiger partial charge in [-0.3, -0.25) is 4.79 Å². The Labute approximate surface area is 284 Å². The lowest BCUT2D eigenvalue weighted by Gasteiger charge is -2.31. The predicted octanol–water partition coefficient (Wildman–Crippen LogP) is 5.10. The second kappa shape index (κ2) is 14.3. The minimum absolute atomic E-state index is 0.0259. The smallest absolute Gasteiger partial charge is 0.416 e. The van der Waals surface area contributed by atoms with Gasteiger partial charge in [-0.05, 0) is 85.6 Å². The van der Waals surface area contributed by atoms with Crippen molar-refractivity contribution in [3.63, 3.8) is 0 Å². The van der Waals surface area contributed by atoms with Gasteiger partial charge in [0.2, 0.25) is 0 Å². The first-order valence-electron chi connectivity index (χ1n) is 16.6. The van der Waals surface area contributed by atoms with E-state index in [1.807, 2.05) is 12.1 Å². The van der Waals surface area contributed by atoms with E-state index >= 15 is 0 Å². The number of benzene rings is 3. The summed E-state index contributed by atoms with van der Waals surface area (Å²) >= 11 is 0. The lowest BCUT2D eigenvalue weighted by atomic mass is 9.87. The summed E-state index contributed by atoms with van der Waals surface area (Å²) in [6, 6.07) is 17.4. The maximum absolute atomic E-state index is 13.2. The zero-order valence-corrected chi connectivity index (χ0v) is 28.2. The van der Waals surface area contributed by atoms with Gasteiger partial charge in [-0.2, -0.15) is 13.2 Å². The fourth-order valence-electron chi connectivity index (χ4n) is 7.17. The Morgan fingerprint density at radius 1 is 1.06 bits per heavy atom. The lowest BCUT2D eigenvalue weighted by Crippen LogP contribution is -2.40. The van der Waals surface area contributed by atoms with Crippen LogP contribution >= 0.6 is 0 Å².